The zero-order chi connectivity index (χ0) is 14.7. The molecule has 20 heavy (non-hydrogen) atoms. The monoisotopic (exact) mass is 271 g/mol. The quantitative estimate of drug-likeness (QED) is 0.876. The van der Waals surface area contributed by atoms with Gasteiger partial charge in [0.15, 0.2) is 0 Å². The van der Waals surface area contributed by atoms with E-state index in [1.807, 2.05) is 19.1 Å². The third-order valence-corrected chi connectivity index (χ3v) is 3.68. The van der Waals surface area contributed by atoms with Crippen molar-refractivity contribution >= 4 is 5.69 Å². The molecule has 0 heterocycles. The summed E-state index contributed by atoms with van der Waals surface area (Å²) in [5.41, 5.74) is 4.38. The average Bonchev–Trinajstić information content (AvgIpc) is 2.44. The largest absolute Gasteiger partial charge is 0.508 e. The van der Waals surface area contributed by atoms with Gasteiger partial charge in [0.05, 0.1) is 13.2 Å². The summed E-state index contributed by atoms with van der Waals surface area (Å²) in [5, 5.41) is 13.5. The summed E-state index contributed by atoms with van der Waals surface area (Å²) in [6.07, 6.45) is 0. The van der Waals surface area contributed by atoms with Gasteiger partial charge in [0.1, 0.15) is 11.5 Å². The first-order valence-corrected chi connectivity index (χ1v) is 6.72. The van der Waals surface area contributed by atoms with E-state index in [1.54, 1.807) is 19.2 Å². The number of hydrogen-bond acceptors (Lipinski definition) is 3. The van der Waals surface area contributed by atoms with Crippen molar-refractivity contribution < 1.29 is 9.84 Å². The molecule has 0 bridgehead atoms. The van der Waals surface area contributed by atoms with Crippen LogP contribution in [0.1, 0.15) is 29.7 Å². The predicted octanol–water partition coefficient (Wildman–Crippen LogP) is 4.19. The Morgan fingerprint density at radius 2 is 1.90 bits per heavy atom. The molecule has 3 nitrogen and oxygen atoms in total. The molecule has 0 fully saturated rings. The molecule has 0 saturated carbocycles. The maximum Gasteiger partial charge on any atom is 0.121 e. The molecule has 0 aromatic heterocycles. The molecule has 0 radical (unpaired) electrons. The topological polar surface area (TPSA) is 41.5 Å². The van der Waals surface area contributed by atoms with E-state index in [1.165, 1.54) is 11.1 Å². The van der Waals surface area contributed by atoms with Gasteiger partial charge in [-0.25, -0.2) is 0 Å². The number of aromatic hydroxyl groups is 1. The van der Waals surface area contributed by atoms with E-state index in [4.69, 9.17) is 4.74 Å². The van der Waals surface area contributed by atoms with Crippen LogP contribution >= 0.6 is 0 Å². The lowest BCUT2D eigenvalue weighted by Gasteiger charge is -2.19. The lowest BCUT2D eigenvalue weighted by atomic mass is 10.0. The van der Waals surface area contributed by atoms with Crippen LogP contribution in [0.15, 0.2) is 36.4 Å². The first-order valence-electron chi connectivity index (χ1n) is 6.72. The smallest absolute Gasteiger partial charge is 0.121 e. The Morgan fingerprint density at radius 1 is 1.15 bits per heavy atom. The summed E-state index contributed by atoms with van der Waals surface area (Å²) in [6, 6.07) is 11.4. The van der Waals surface area contributed by atoms with Crippen LogP contribution < -0.4 is 10.1 Å². The number of phenolic OH excluding ortho intramolecular Hbond substituents is 1. The fourth-order valence-electron chi connectivity index (χ4n) is 2.22. The van der Waals surface area contributed by atoms with E-state index < -0.39 is 0 Å². The molecule has 3 heteroatoms. The van der Waals surface area contributed by atoms with Gasteiger partial charge in [0.2, 0.25) is 0 Å². The second-order valence-electron chi connectivity index (χ2n) is 5.04. The molecule has 0 aliphatic carbocycles. The predicted molar refractivity (Wildman–Crippen MR) is 82.6 cm³/mol. The van der Waals surface area contributed by atoms with Crippen molar-refractivity contribution in [2.45, 2.75) is 26.8 Å². The van der Waals surface area contributed by atoms with Crippen LogP contribution in [0.2, 0.25) is 0 Å². The second kappa shape index (κ2) is 5.87. The minimum absolute atomic E-state index is 0.00870. The van der Waals surface area contributed by atoms with E-state index >= 15 is 0 Å². The van der Waals surface area contributed by atoms with E-state index in [9.17, 15) is 5.11 Å². The minimum Gasteiger partial charge on any atom is -0.508 e. The molecule has 0 aliphatic heterocycles. The van der Waals surface area contributed by atoms with Crippen LogP contribution in [0.5, 0.6) is 11.5 Å². The van der Waals surface area contributed by atoms with Crippen LogP contribution in [0.4, 0.5) is 5.69 Å². The Bertz CT molecular complexity index is 608. The number of ether oxygens (including phenoxy) is 1. The third kappa shape index (κ3) is 2.87. The standard InChI is InChI=1S/C17H21NO2/c1-11-6-5-7-16(12(11)2)18-13(3)15-10-14(20-4)8-9-17(15)19/h5-10,13,18-19H,1-4H3. The molecule has 2 aromatic carbocycles. The minimum atomic E-state index is -0.00870. The summed E-state index contributed by atoms with van der Waals surface area (Å²) in [5.74, 6) is 1.02. The molecule has 0 amide bonds. The lowest BCUT2D eigenvalue weighted by molar-refractivity contribution is 0.410. The van der Waals surface area contributed by atoms with E-state index in [0.29, 0.717) is 0 Å². The zero-order valence-corrected chi connectivity index (χ0v) is 12.4. The molecule has 2 N–H and O–H groups in total. The SMILES string of the molecule is COc1ccc(O)c(C(C)Nc2cccc(C)c2C)c1. The van der Waals surface area contributed by atoms with E-state index in [0.717, 1.165) is 17.0 Å². The highest BCUT2D eigenvalue weighted by molar-refractivity contribution is 5.56. The Balaban J connectivity index is 2.28. The summed E-state index contributed by atoms with van der Waals surface area (Å²) >= 11 is 0. The summed E-state index contributed by atoms with van der Waals surface area (Å²) in [6.45, 7) is 6.21. The highest BCUT2D eigenvalue weighted by Crippen LogP contribution is 2.31. The van der Waals surface area contributed by atoms with Gasteiger partial charge in [0.25, 0.3) is 0 Å². The molecular formula is C17H21NO2. The summed E-state index contributed by atoms with van der Waals surface area (Å²) < 4.78 is 5.21. The van der Waals surface area contributed by atoms with Crippen molar-refractivity contribution in [1.29, 1.82) is 0 Å². The van der Waals surface area contributed by atoms with Crippen LogP contribution in [0, 0.1) is 13.8 Å². The zero-order valence-electron chi connectivity index (χ0n) is 12.4. The summed E-state index contributed by atoms with van der Waals surface area (Å²) in [7, 11) is 1.62. The molecule has 0 spiro atoms. The maximum atomic E-state index is 10.0. The normalized spacial score (nSPS) is 12.0. The van der Waals surface area contributed by atoms with E-state index in [2.05, 4.69) is 31.3 Å². The molecule has 106 valence electrons. The van der Waals surface area contributed by atoms with Gasteiger partial charge in [-0.05, 0) is 56.2 Å². The third-order valence-electron chi connectivity index (χ3n) is 3.68. The first-order chi connectivity index (χ1) is 9.52. The van der Waals surface area contributed by atoms with Crippen molar-refractivity contribution in [3.63, 3.8) is 0 Å². The van der Waals surface area contributed by atoms with Crippen LogP contribution in [0.25, 0.3) is 0 Å². The molecule has 1 atom stereocenters. The molecule has 2 rings (SSSR count). The number of anilines is 1. The molecule has 2 aromatic rings. The van der Waals surface area contributed by atoms with Crippen LogP contribution in [-0.4, -0.2) is 12.2 Å². The molecule has 1 unspecified atom stereocenters. The number of benzene rings is 2. The van der Waals surface area contributed by atoms with Gasteiger partial charge in [-0.15, -0.1) is 0 Å². The molecular weight excluding hydrogens is 250 g/mol. The fourth-order valence-corrected chi connectivity index (χ4v) is 2.22. The number of methoxy groups -OCH3 is 1. The average molecular weight is 271 g/mol. The lowest BCUT2D eigenvalue weighted by Crippen LogP contribution is -2.08. The molecule has 0 aliphatic rings. The van der Waals surface area contributed by atoms with Crippen molar-refractivity contribution in [2.75, 3.05) is 12.4 Å². The van der Waals surface area contributed by atoms with Gasteiger partial charge in [0, 0.05) is 11.3 Å². The Morgan fingerprint density at radius 3 is 2.60 bits per heavy atom. The van der Waals surface area contributed by atoms with Crippen molar-refractivity contribution in [1.82, 2.24) is 0 Å². The van der Waals surface area contributed by atoms with Gasteiger partial charge in [-0.2, -0.15) is 0 Å². The Hall–Kier alpha value is -2.16. The maximum absolute atomic E-state index is 10.0. The number of aryl methyl sites for hydroxylation is 1. The van der Waals surface area contributed by atoms with Gasteiger partial charge in [-0.1, -0.05) is 12.1 Å². The highest BCUT2D eigenvalue weighted by atomic mass is 16.5. The van der Waals surface area contributed by atoms with Crippen LogP contribution in [-0.2, 0) is 0 Å². The highest BCUT2D eigenvalue weighted by Gasteiger charge is 2.12. The molecule has 0 saturated heterocycles. The van der Waals surface area contributed by atoms with Gasteiger partial charge >= 0.3 is 0 Å². The van der Waals surface area contributed by atoms with Gasteiger partial charge in [-0.3, -0.25) is 0 Å². The van der Waals surface area contributed by atoms with E-state index in [-0.39, 0.29) is 11.8 Å². The fraction of sp³-hybridized carbons (Fsp3) is 0.294. The number of hydrogen-bond donors (Lipinski definition) is 2. The van der Waals surface area contributed by atoms with Crippen LogP contribution in [0.3, 0.4) is 0 Å². The number of rotatable bonds is 4. The second-order valence-corrected chi connectivity index (χ2v) is 5.04. The Kier molecular flexibility index (Phi) is 4.18. The Labute approximate surface area is 120 Å². The van der Waals surface area contributed by atoms with Crippen molar-refractivity contribution in [3.05, 3.63) is 53.1 Å². The van der Waals surface area contributed by atoms with Crippen molar-refractivity contribution in [3.8, 4) is 11.5 Å². The van der Waals surface area contributed by atoms with Gasteiger partial charge < -0.3 is 15.2 Å². The number of nitrogens with one attached hydrogen (secondary N) is 1. The first kappa shape index (κ1) is 14.3. The van der Waals surface area contributed by atoms with Crippen molar-refractivity contribution in [2.24, 2.45) is 0 Å². The summed E-state index contributed by atoms with van der Waals surface area (Å²) in [4.78, 5) is 0. The number of phenols is 1.